The van der Waals surface area contributed by atoms with E-state index in [1.165, 1.54) is 12.8 Å². The molecule has 1 rings (SSSR count). The van der Waals surface area contributed by atoms with Gasteiger partial charge in [0.05, 0.1) is 6.10 Å². The summed E-state index contributed by atoms with van der Waals surface area (Å²) in [5.74, 6) is -0.754. The predicted molar refractivity (Wildman–Crippen MR) is 84.7 cm³/mol. The highest BCUT2D eigenvalue weighted by Crippen LogP contribution is 2.16. The molecule has 1 aliphatic heterocycles. The van der Waals surface area contributed by atoms with Crippen molar-refractivity contribution in [3.05, 3.63) is 0 Å². The van der Waals surface area contributed by atoms with Gasteiger partial charge in [-0.2, -0.15) is 0 Å². The summed E-state index contributed by atoms with van der Waals surface area (Å²) >= 11 is 0. The number of unbranched alkanes of at least 4 members (excludes halogenated alkanes) is 1. The molecule has 0 aromatic heterocycles. The van der Waals surface area contributed by atoms with E-state index in [4.69, 9.17) is 4.74 Å². The van der Waals surface area contributed by atoms with Crippen molar-refractivity contribution >= 4 is 5.97 Å². The van der Waals surface area contributed by atoms with Gasteiger partial charge in [0, 0.05) is 13.2 Å². The number of ether oxygens (including phenoxy) is 1. The number of hydrogen-bond acceptors (Lipinski definition) is 4. The number of hydrogen-bond donors (Lipinski definition) is 2. The third-order valence-electron chi connectivity index (χ3n) is 4.37. The summed E-state index contributed by atoms with van der Waals surface area (Å²) in [4.78, 5) is 13.8. The molecule has 0 radical (unpaired) electrons. The van der Waals surface area contributed by atoms with E-state index in [0.29, 0.717) is 19.1 Å². The van der Waals surface area contributed by atoms with Crippen molar-refractivity contribution in [1.29, 1.82) is 0 Å². The second kappa shape index (κ2) is 9.38. The van der Waals surface area contributed by atoms with Gasteiger partial charge in [-0.25, -0.2) is 0 Å². The van der Waals surface area contributed by atoms with Gasteiger partial charge >= 0.3 is 5.97 Å². The third-order valence-corrected chi connectivity index (χ3v) is 4.37. The average molecular weight is 300 g/mol. The maximum absolute atomic E-state index is 11.3. The van der Waals surface area contributed by atoms with Gasteiger partial charge in [0.15, 0.2) is 0 Å². The number of rotatable bonds is 11. The lowest BCUT2D eigenvalue weighted by atomic mass is 9.95. The van der Waals surface area contributed by atoms with Gasteiger partial charge in [-0.05, 0) is 58.7 Å². The molecule has 1 heterocycles. The molecule has 0 spiro atoms. The molecule has 0 aliphatic carbocycles. The van der Waals surface area contributed by atoms with Gasteiger partial charge in [0.2, 0.25) is 0 Å². The molecule has 5 heteroatoms. The highest BCUT2D eigenvalue weighted by Gasteiger charge is 2.31. The number of carboxylic acids is 1. The molecule has 2 N–H and O–H groups in total. The maximum Gasteiger partial charge on any atom is 0.323 e. The summed E-state index contributed by atoms with van der Waals surface area (Å²) in [5.41, 5.74) is -0.791. The Hall–Kier alpha value is -0.650. The third kappa shape index (κ3) is 6.32. The average Bonchev–Trinajstić information content (AvgIpc) is 2.95. The van der Waals surface area contributed by atoms with Crippen LogP contribution in [0.15, 0.2) is 0 Å². The predicted octanol–water partition coefficient (Wildman–Crippen LogP) is 2.11. The molecule has 5 nitrogen and oxygen atoms in total. The molecular formula is C16H32N2O3. The van der Waals surface area contributed by atoms with E-state index < -0.39 is 11.5 Å². The standard InChI is InChI=1S/C16H32N2O3/c1-4-17-16(3,15(19)20)10-6-7-11-18(5-2)13-14-9-8-12-21-14/h14,17H,4-13H2,1-3H3,(H,19,20). The van der Waals surface area contributed by atoms with Crippen LogP contribution < -0.4 is 5.32 Å². The molecule has 1 aliphatic rings. The Morgan fingerprint density at radius 1 is 1.43 bits per heavy atom. The maximum atomic E-state index is 11.3. The minimum Gasteiger partial charge on any atom is -0.480 e. The van der Waals surface area contributed by atoms with Gasteiger partial charge in [-0.3, -0.25) is 4.79 Å². The first-order chi connectivity index (χ1) is 10.0. The van der Waals surface area contributed by atoms with Crippen molar-refractivity contribution in [3.63, 3.8) is 0 Å². The molecule has 0 amide bonds. The summed E-state index contributed by atoms with van der Waals surface area (Å²) < 4.78 is 5.68. The van der Waals surface area contributed by atoms with Crippen LogP contribution in [0.5, 0.6) is 0 Å². The zero-order chi connectivity index (χ0) is 15.7. The summed E-state index contributed by atoms with van der Waals surface area (Å²) in [6, 6.07) is 0. The summed E-state index contributed by atoms with van der Waals surface area (Å²) in [6.07, 6.45) is 5.40. The number of nitrogens with one attached hydrogen (secondary N) is 1. The van der Waals surface area contributed by atoms with E-state index in [0.717, 1.165) is 39.1 Å². The highest BCUT2D eigenvalue weighted by molar-refractivity contribution is 5.78. The van der Waals surface area contributed by atoms with Crippen LogP contribution in [0, 0.1) is 0 Å². The fourth-order valence-corrected chi connectivity index (χ4v) is 2.93. The SMILES string of the molecule is CCNC(C)(CCCCN(CC)CC1CCCO1)C(=O)O. The normalized spacial score (nSPS) is 21.6. The van der Waals surface area contributed by atoms with E-state index in [-0.39, 0.29) is 0 Å². The summed E-state index contributed by atoms with van der Waals surface area (Å²) in [6.45, 7) is 10.6. The minimum absolute atomic E-state index is 0.399. The van der Waals surface area contributed by atoms with Crippen LogP contribution in [0.3, 0.4) is 0 Å². The van der Waals surface area contributed by atoms with Crippen LogP contribution in [0.1, 0.15) is 52.9 Å². The number of carbonyl (C=O) groups is 1. The van der Waals surface area contributed by atoms with E-state index in [2.05, 4.69) is 17.1 Å². The van der Waals surface area contributed by atoms with Crippen LogP contribution in [-0.4, -0.2) is 60.4 Å². The minimum atomic E-state index is -0.791. The molecule has 2 atom stereocenters. The topological polar surface area (TPSA) is 61.8 Å². The summed E-state index contributed by atoms with van der Waals surface area (Å²) in [5, 5.41) is 12.4. The van der Waals surface area contributed by atoms with Crippen molar-refractivity contribution in [2.75, 3.05) is 32.8 Å². The lowest BCUT2D eigenvalue weighted by Crippen LogP contribution is -2.49. The Bertz CT molecular complexity index is 306. The van der Waals surface area contributed by atoms with Crippen molar-refractivity contribution in [3.8, 4) is 0 Å². The van der Waals surface area contributed by atoms with Gasteiger partial charge in [-0.1, -0.05) is 13.8 Å². The van der Waals surface area contributed by atoms with E-state index in [9.17, 15) is 9.90 Å². The second-order valence-electron chi connectivity index (χ2n) is 6.15. The Morgan fingerprint density at radius 3 is 2.71 bits per heavy atom. The summed E-state index contributed by atoms with van der Waals surface area (Å²) in [7, 11) is 0. The molecule has 0 aromatic rings. The quantitative estimate of drug-likeness (QED) is 0.572. The molecule has 0 bridgehead atoms. The Kier molecular flexibility index (Phi) is 8.22. The van der Waals surface area contributed by atoms with Crippen molar-refractivity contribution < 1.29 is 14.6 Å². The molecular weight excluding hydrogens is 268 g/mol. The Labute approximate surface area is 129 Å². The lowest BCUT2D eigenvalue weighted by Gasteiger charge is -2.27. The Morgan fingerprint density at radius 2 is 2.19 bits per heavy atom. The first kappa shape index (κ1) is 18.4. The lowest BCUT2D eigenvalue weighted by molar-refractivity contribution is -0.144. The van der Waals surface area contributed by atoms with Gasteiger partial charge in [0.1, 0.15) is 5.54 Å². The molecule has 1 fully saturated rings. The number of nitrogens with zero attached hydrogens (tertiary/aromatic N) is 1. The molecule has 1 saturated heterocycles. The smallest absolute Gasteiger partial charge is 0.323 e. The zero-order valence-electron chi connectivity index (χ0n) is 13.9. The molecule has 21 heavy (non-hydrogen) atoms. The fourth-order valence-electron chi connectivity index (χ4n) is 2.93. The monoisotopic (exact) mass is 300 g/mol. The first-order valence-electron chi connectivity index (χ1n) is 8.34. The fraction of sp³-hybridized carbons (Fsp3) is 0.938. The van der Waals surface area contributed by atoms with Crippen LogP contribution in [-0.2, 0) is 9.53 Å². The Balaban J connectivity index is 2.25. The first-order valence-corrected chi connectivity index (χ1v) is 8.34. The number of likely N-dealkylation sites (N-methyl/N-ethyl adjacent to an activating group) is 2. The van der Waals surface area contributed by atoms with Gasteiger partial charge in [-0.15, -0.1) is 0 Å². The number of carboxylic acid groups (broad SMARTS) is 1. The van der Waals surface area contributed by atoms with Gasteiger partial charge < -0.3 is 20.1 Å². The van der Waals surface area contributed by atoms with E-state index >= 15 is 0 Å². The largest absolute Gasteiger partial charge is 0.480 e. The van der Waals surface area contributed by atoms with Crippen LogP contribution >= 0.6 is 0 Å². The van der Waals surface area contributed by atoms with Gasteiger partial charge in [0.25, 0.3) is 0 Å². The van der Waals surface area contributed by atoms with Crippen LogP contribution in [0.25, 0.3) is 0 Å². The van der Waals surface area contributed by atoms with Crippen molar-refractivity contribution in [2.24, 2.45) is 0 Å². The van der Waals surface area contributed by atoms with Crippen molar-refractivity contribution in [2.45, 2.75) is 64.5 Å². The zero-order valence-corrected chi connectivity index (χ0v) is 13.9. The van der Waals surface area contributed by atoms with E-state index in [1.807, 2.05) is 6.92 Å². The molecule has 0 aromatic carbocycles. The van der Waals surface area contributed by atoms with Crippen LogP contribution in [0.2, 0.25) is 0 Å². The molecule has 0 saturated carbocycles. The number of aliphatic carboxylic acids is 1. The molecule has 2 unspecified atom stereocenters. The molecule has 124 valence electrons. The van der Waals surface area contributed by atoms with Crippen molar-refractivity contribution in [1.82, 2.24) is 10.2 Å². The second-order valence-corrected chi connectivity index (χ2v) is 6.15. The van der Waals surface area contributed by atoms with Crippen LogP contribution in [0.4, 0.5) is 0 Å². The highest BCUT2D eigenvalue weighted by atomic mass is 16.5. The van der Waals surface area contributed by atoms with E-state index in [1.54, 1.807) is 6.92 Å².